The number of phenols is 1. The molecule has 0 atom stereocenters. The van der Waals surface area contributed by atoms with Gasteiger partial charge < -0.3 is 5.11 Å². The van der Waals surface area contributed by atoms with Crippen LogP contribution < -0.4 is 4.72 Å². The molecule has 2 N–H and O–H groups in total. The Bertz CT molecular complexity index is 617. The van der Waals surface area contributed by atoms with Crippen LogP contribution >= 0.6 is 11.3 Å². The molecule has 0 unspecified atom stereocenters. The number of thiazole rings is 1. The van der Waals surface area contributed by atoms with E-state index in [1.807, 2.05) is 6.92 Å². The third-order valence-electron chi connectivity index (χ3n) is 1.99. The van der Waals surface area contributed by atoms with Crippen molar-refractivity contribution in [3.8, 4) is 5.75 Å². The minimum absolute atomic E-state index is 0.0223. The Morgan fingerprint density at radius 3 is 2.47 bits per heavy atom. The minimum Gasteiger partial charge on any atom is -0.508 e. The first-order valence-corrected chi connectivity index (χ1v) is 7.01. The molecule has 0 aliphatic heterocycles. The van der Waals surface area contributed by atoms with Crippen molar-refractivity contribution >= 4 is 26.5 Å². The molecule has 17 heavy (non-hydrogen) atoms. The van der Waals surface area contributed by atoms with Crippen LogP contribution in [0.4, 0.5) is 5.13 Å². The molecular weight excluding hydrogens is 260 g/mol. The Balaban J connectivity index is 2.28. The van der Waals surface area contributed by atoms with E-state index in [1.165, 1.54) is 35.6 Å². The number of aromatic hydroxyl groups is 1. The molecule has 0 saturated carbocycles. The van der Waals surface area contributed by atoms with Gasteiger partial charge in [-0.3, -0.25) is 4.72 Å². The van der Waals surface area contributed by atoms with Gasteiger partial charge in [0.2, 0.25) is 0 Å². The van der Waals surface area contributed by atoms with Crippen LogP contribution in [0.25, 0.3) is 0 Å². The van der Waals surface area contributed by atoms with Crippen molar-refractivity contribution in [2.75, 3.05) is 4.72 Å². The van der Waals surface area contributed by atoms with Crippen LogP contribution in [0.1, 0.15) is 4.88 Å². The van der Waals surface area contributed by atoms with Crippen molar-refractivity contribution in [2.24, 2.45) is 0 Å². The van der Waals surface area contributed by atoms with Gasteiger partial charge in [-0.15, -0.1) is 11.3 Å². The molecule has 90 valence electrons. The van der Waals surface area contributed by atoms with Gasteiger partial charge in [0.05, 0.1) is 4.90 Å². The van der Waals surface area contributed by atoms with Crippen LogP contribution in [0.2, 0.25) is 0 Å². The summed E-state index contributed by atoms with van der Waals surface area (Å²) in [6.45, 7) is 1.84. The molecule has 0 amide bonds. The molecule has 2 rings (SSSR count). The van der Waals surface area contributed by atoms with E-state index in [2.05, 4.69) is 9.71 Å². The van der Waals surface area contributed by atoms with Crippen molar-refractivity contribution in [1.29, 1.82) is 0 Å². The molecule has 0 spiro atoms. The predicted octanol–water partition coefficient (Wildman–Crippen LogP) is 1.96. The van der Waals surface area contributed by atoms with E-state index in [-0.39, 0.29) is 10.6 Å². The second-order valence-electron chi connectivity index (χ2n) is 3.38. The standard InChI is InChI=1S/C10H10N2O3S2/c1-7-6-11-10(16-7)12-17(14,15)9-4-2-8(13)3-5-9/h2-6,13H,1H3,(H,11,12). The van der Waals surface area contributed by atoms with E-state index in [1.54, 1.807) is 6.20 Å². The molecule has 1 heterocycles. The highest BCUT2D eigenvalue weighted by molar-refractivity contribution is 7.93. The number of anilines is 1. The van der Waals surface area contributed by atoms with Crippen LogP contribution in [0, 0.1) is 6.92 Å². The Morgan fingerprint density at radius 2 is 1.94 bits per heavy atom. The fraction of sp³-hybridized carbons (Fsp3) is 0.100. The van der Waals surface area contributed by atoms with E-state index < -0.39 is 10.0 Å². The van der Waals surface area contributed by atoms with E-state index in [9.17, 15) is 8.42 Å². The summed E-state index contributed by atoms with van der Waals surface area (Å²) < 4.78 is 26.2. The van der Waals surface area contributed by atoms with Gasteiger partial charge in [0, 0.05) is 11.1 Å². The van der Waals surface area contributed by atoms with Crippen molar-refractivity contribution in [2.45, 2.75) is 11.8 Å². The molecule has 0 aliphatic rings. The largest absolute Gasteiger partial charge is 0.508 e. The van der Waals surface area contributed by atoms with Gasteiger partial charge in [-0.25, -0.2) is 13.4 Å². The van der Waals surface area contributed by atoms with Crippen LogP contribution in [0.15, 0.2) is 35.4 Å². The molecule has 7 heteroatoms. The van der Waals surface area contributed by atoms with Crippen molar-refractivity contribution in [3.05, 3.63) is 35.3 Å². The number of hydrogen-bond donors (Lipinski definition) is 2. The number of nitrogens with zero attached hydrogens (tertiary/aromatic N) is 1. The molecule has 0 aliphatic carbocycles. The van der Waals surface area contributed by atoms with Crippen LogP contribution in [0.3, 0.4) is 0 Å². The normalized spacial score (nSPS) is 11.4. The molecule has 5 nitrogen and oxygen atoms in total. The topological polar surface area (TPSA) is 79.3 Å². The number of phenolic OH excluding ortho intramolecular Hbond substituents is 1. The molecule has 0 saturated heterocycles. The lowest BCUT2D eigenvalue weighted by Gasteiger charge is -2.04. The highest BCUT2D eigenvalue weighted by Crippen LogP contribution is 2.21. The number of aryl methyl sites for hydroxylation is 1. The predicted molar refractivity (Wildman–Crippen MR) is 65.8 cm³/mol. The first-order valence-electron chi connectivity index (χ1n) is 4.72. The van der Waals surface area contributed by atoms with E-state index >= 15 is 0 Å². The highest BCUT2D eigenvalue weighted by atomic mass is 32.2. The van der Waals surface area contributed by atoms with E-state index in [0.29, 0.717) is 5.13 Å². The fourth-order valence-electron chi connectivity index (χ4n) is 1.20. The average Bonchev–Trinajstić information content (AvgIpc) is 2.63. The summed E-state index contributed by atoms with van der Waals surface area (Å²) in [5, 5.41) is 9.42. The summed E-state index contributed by atoms with van der Waals surface area (Å²) in [5.74, 6) is 0.0223. The summed E-state index contributed by atoms with van der Waals surface area (Å²) >= 11 is 1.26. The van der Waals surface area contributed by atoms with Gasteiger partial charge in [0.25, 0.3) is 10.0 Å². The number of rotatable bonds is 3. The first kappa shape index (κ1) is 11.9. The Morgan fingerprint density at radius 1 is 1.29 bits per heavy atom. The molecule has 0 bridgehead atoms. The van der Waals surface area contributed by atoms with Gasteiger partial charge in [-0.2, -0.15) is 0 Å². The van der Waals surface area contributed by atoms with E-state index in [4.69, 9.17) is 5.11 Å². The van der Waals surface area contributed by atoms with Crippen molar-refractivity contribution < 1.29 is 13.5 Å². The Hall–Kier alpha value is -1.60. The summed E-state index contributed by atoms with van der Waals surface area (Å²) in [4.78, 5) is 4.93. The molecule has 1 aromatic carbocycles. The van der Waals surface area contributed by atoms with Gasteiger partial charge in [-0.05, 0) is 31.2 Å². The third-order valence-corrected chi connectivity index (χ3v) is 4.30. The lowest BCUT2D eigenvalue weighted by molar-refractivity contribution is 0.475. The zero-order valence-corrected chi connectivity index (χ0v) is 10.5. The SMILES string of the molecule is Cc1cnc(NS(=O)(=O)c2ccc(O)cc2)s1. The molecule has 2 aromatic rings. The number of sulfonamides is 1. The minimum atomic E-state index is -3.63. The quantitative estimate of drug-likeness (QED) is 0.893. The summed E-state index contributed by atoms with van der Waals surface area (Å²) in [7, 11) is -3.63. The molecule has 0 radical (unpaired) electrons. The van der Waals surface area contributed by atoms with Gasteiger partial charge in [-0.1, -0.05) is 0 Å². The van der Waals surface area contributed by atoms with E-state index in [0.717, 1.165) is 4.88 Å². The van der Waals surface area contributed by atoms with Crippen LogP contribution in [-0.2, 0) is 10.0 Å². The number of aromatic nitrogens is 1. The summed E-state index contributed by atoms with van der Waals surface area (Å²) in [5.41, 5.74) is 0. The Labute approximate surface area is 103 Å². The number of benzene rings is 1. The summed E-state index contributed by atoms with van der Waals surface area (Å²) in [6, 6.07) is 5.31. The maximum Gasteiger partial charge on any atom is 0.263 e. The van der Waals surface area contributed by atoms with Crippen molar-refractivity contribution in [3.63, 3.8) is 0 Å². The smallest absolute Gasteiger partial charge is 0.263 e. The number of hydrogen-bond acceptors (Lipinski definition) is 5. The maximum absolute atomic E-state index is 11.9. The Kier molecular flexibility index (Phi) is 3.03. The molecular formula is C10H10N2O3S2. The average molecular weight is 270 g/mol. The molecule has 0 fully saturated rings. The first-order chi connectivity index (χ1) is 7.97. The van der Waals surface area contributed by atoms with Gasteiger partial charge >= 0.3 is 0 Å². The lowest BCUT2D eigenvalue weighted by atomic mass is 10.3. The van der Waals surface area contributed by atoms with Crippen molar-refractivity contribution in [1.82, 2.24) is 4.98 Å². The zero-order chi connectivity index (χ0) is 12.5. The van der Waals surface area contributed by atoms with Gasteiger partial charge in [0.15, 0.2) is 5.13 Å². The third kappa shape index (κ3) is 2.75. The zero-order valence-electron chi connectivity index (χ0n) is 8.91. The number of nitrogens with one attached hydrogen (secondary N) is 1. The molecule has 1 aromatic heterocycles. The monoisotopic (exact) mass is 270 g/mol. The fourth-order valence-corrected chi connectivity index (χ4v) is 3.11. The van der Waals surface area contributed by atoms with Crippen LogP contribution in [0.5, 0.6) is 5.75 Å². The maximum atomic E-state index is 11.9. The second kappa shape index (κ2) is 4.34. The van der Waals surface area contributed by atoms with Crippen LogP contribution in [-0.4, -0.2) is 18.5 Å². The highest BCUT2D eigenvalue weighted by Gasteiger charge is 2.15. The van der Waals surface area contributed by atoms with Gasteiger partial charge in [0.1, 0.15) is 5.75 Å². The second-order valence-corrected chi connectivity index (χ2v) is 6.29. The summed E-state index contributed by atoms with van der Waals surface area (Å²) in [6.07, 6.45) is 1.60. The lowest BCUT2D eigenvalue weighted by Crippen LogP contribution is -2.12.